The second-order valence-electron chi connectivity index (χ2n) is 7.01. The molecule has 0 atom stereocenters. The number of hydrogen-bond donors (Lipinski definition) is 2. The van der Waals surface area contributed by atoms with Crippen LogP contribution in [0.25, 0.3) is 0 Å². The highest BCUT2D eigenvalue weighted by Crippen LogP contribution is 2.34. The largest absolute Gasteiger partial charge is 0.494 e. The minimum atomic E-state index is 0.109. The Balaban J connectivity index is 1.60. The van der Waals surface area contributed by atoms with Gasteiger partial charge in [-0.1, -0.05) is 49.2 Å². The molecule has 138 valence electrons. The van der Waals surface area contributed by atoms with Gasteiger partial charge in [-0.05, 0) is 62.5 Å². The fraction of sp³-hybridized carbons (Fsp3) is 0.409. The van der Waals surface area contributed by atoms with Crippen LogP contribution in [-0.2, 0) is 6.42 Å². The fourth-order valence-corrected chi connectivity index (χ4v) is 4.09. The molecule has 2 aromatic carbocycles. The Hall–Kier alpha value is -2.07. The van der Waals surface area contributed by atoms with Crippen LogP contribution in [0.1, 0.15) is 44.6 Å². The summed E-state index contributed by atoms with van der Waals surface area (Å²) in [7, 11) is 0. The molecule has 0 saturated heterocycles. The van der Waals surface area contributed by atoms with E-state index in [2.05, 4.69) is 41.0 Å². The lowest BCUT2D eigenvalue weighted by atomic mass is 9.89. The minimum Gasteiger partial charge on any atom is -0.494 e. The van der Waals surface area contributed by atoms with E-state index in [4.69, 9.17) is 17.0 Å². The molecular weight excluding hydrogens is 340 g/mol. The molecule has 2 N–H and O–H groups in total. The molecule has 0 heterocycles. The SMILES string of the molecule is CCOc1cccc(NC(=S)NC2(CCc3ccccc3)CCCC2)c1. The monoisotopic (exact) mass is 368 g/mol. The van der Waals surface area contributed by atoms with Crippen molar-refractivity contribution in [3.05, 3.63) is 60.2 Å². The van der Waals surface area contributed by atoms with Crippen LogP contribution >= 0.6 is 12.2 Å². The van der Waals surface area contributed by atoms with Gasteiger partial charge in [0.2, 0.25) is 0 Å². The number of benzene rings is 2. The second-order valence-corrected chi connectivity index (χ2v) is 7.42. The molecule has 0 aliphatic heterocycles. The Kier molecular flexibility index (Phi) is 6.51. The molecule has 1 aliphatic carbocycles. The predicted molar refractivity (Wildman–Crippen MR) is 113 cm³/mol. The second kappa shape index (κ2) is 9.04. The van der Waals surface area contributed by atoms with Gasteiger partial charge in [0.15, 0.2) is 5.11 Å². The summed E-state index contributed by atoms with van der Waals surface area (Å²) < 4.78 is 5.57. The van der Waals surface area contributed by atoms with Gasteiger partial charge >= 0.3 is 0 Å². The quantitative estimate of drug-likeness (QED) is 0.648. The van der Waals surface area contributed by atoms with Crippen LogP contribution in [0.4, 0.5) is 5.69 Å². The summed E-state index contributed by atoms with van der Waals surface area (Å²) in [5.74, 6) is 0.861. The Morgan fingerprint density at radius 3 is 2.58 bits per heavy atom. The van der Waals surface area contributed by atoms with Crippen LogP contribution in [0.2, 0.25) is 0 Å². The number of nitrogens with one attached hydrogen (secondary N) is 2. The lowest BCUT2D eigenvalue weighted by Gasteiger charge is -2.32. The summed E-state index contributed by atoms with van der Waals surface area (Å²) >= 11 is 5.62. The first-order chi connectivity index (χ1) is 12.7. The van der Waals surface area contributed by atoms with Crippen LogP contribution in [-0.4, -0.2) is 17.3 Å². The maximum Gasteiger partial charge on any atom is 0.171 e. The summed E-state index contributed by atoms with van der Waals surface area (Å²) in [5, 5.41) is 7.68. The third-order valence-electron chi connectivity index (χ3n) is 5.08. The molecule has 0 bridgehead atoms. The van der Waals surface area contributed by atoms with Gasteiger partial charge in [0.25, 0.3) is 0 Å². The number of anilines is 1. The summed E-state index contributed by atoms with van der Waals surface area (Å²) in [6.07, 6.45) is 7.09. The Bertz CT molecular complexity index is 711. The summed E-state index contributed by atoms with van der Waals surface area (Å²) in [4.78, 5) is 0. The molecule has 2 aromatic rings. The minimum absolute atomic E-state index is 0.109. The van der Waals surface area contributed by atoms with E-state index in [0.717, 1.165) is 24.3 Å². The molecule has 0 spiro atoms. The van der Waals surface area contributed by atoms with Crippen molar-refractivity contribution in [3.63, 3.8) is 0 Å². The smallest absolute Gasteiger partial charge is 0.171 e. The first kappa shape index (κ1) is 18.7. The number of ether oxygens (including phenoxy) is 1. The van der Waals surface area contributed by atoms with Crippen LogP contribution in [0, 0.1) is 0 Å². The Labute approximate surface area is 162 Å². The highest BCUT2D eigenvalue weighted by atomic mass is 32.1. The summed E-state index contributed by atoms with van der Waals surface area (Å²) in [6, 6.07) is 18.7. The van der Waals surface area contributed by atoms with Crippen molar-refractivity contribution < 1.29 is 4.74 Å². The molecule has 1 aliphatic rings. The number of rotatable bonds is 7. The van der Waals surface area contributed by atoms with Gasteiger partial charge in [-0.25, -0.2) is 0 Å². The van der Waals surface area contributed by atoms with Gasteiger partial charge in [-0.15, -0.1) is 0 Å². The number of aryl methyl sites for hydroxylation is 1. The summed E-state index contributed by atoms with van der Waals surface area (Å²) in [5.41, 5.74) is 2.46. The first-order valence-electron chi connectivity index (χ1n) is 9.55. The van der Waals surface area contributed by atoms with Crippen molar-refractivity contribution in [2.75, 3.05) is 11.9 Å². The van der Waals surface area contributed by atoms with Crippen molar-refractivity contribution in [2.45, 2.75) is 51.0 Å². The molecule has 0 amide bonds. The normalized spacial score (nSPS) is 15.4. The maximum absolute atomic E-state index is 5.62. The van der Waals surface area contributed by atoms with Gasteiger partial charge in [-0.3, -0.25) is 0 Å². The molecule has 0 aromatic heterocycles. The lowest BCUT2D eigenvalue weighted by Crippen LogP contribution is -2.48. The first-order valence-corrected chi connectivity index (χ1v) is 9.96. The topological polar surface area (TPSA) is 33.3 Å². The maximum atomic E-state index is 5.62. The third-order valence-corrected chi connectivity index (χ3v) is 5.28. The van der Waals surface area contributed by atoms with Crippen molar-refractivity contribution >= 4 is 23.0 Å². The van der Waals surface area contributed by atoms with Crippen LogP contribution in [0.15, 0.2) is 54.6 Å². The molecule has 1 saturated carbocycles. The zero-order valence-corrected chi connectivity index (χ0v) is 16.3. The van der Waals surface area contributed by atoms with Crippen molar-refractivity contribution in [1.29, 1.82) is 0 Å². The highest BCUT2D eigenvalue weighted by molar-refractivity contribution is 7.80. The highest BCUT2D eigenvalue weighted by Gasteiger charge is 2.33. The van der Waals surface area contributed by atoms with Gasteiger partial charge in [0, 0.05) is 17.3 Å². The predicted octanol–water partition coefficient (Wildman–Crippen LogP) is 5.32. The molecule has 4 heteroatoms. The number of thiocarbonyl (C=S) groups is 1. The van der Waals surface area contributed by atoms with Gasteiger partial charge in [0.1, 0.15) is 5.75 Å². The van der Waals surface area contributed by atoms with Crippen molar-refractivity contribution in [2.24, 2.45) is 0 Å². The molecular formula is C22H28N2OS. The van der Waals surface area contributed by atoms with Gasteiger partial charge < -0.3 is 15.4 Å². The van der Waals surface area contributed by atoms with Crippen molar-refractivity contribution in [3.8, 4) is 5.75 Å². The van der Waals surface area contributed by atoms with E-state index < -0.39 is 0 Å². The van der Waals surface area contributed by atoms with E-state index in [1.165, 1.54) is 31.2 Å². The molecule has 1 fully saturated rings. The zero-order valence-electron chi connectivity index (χ0n) is 15.5. The zero-order chi connectivity index (χ0) is 18.2. The standard InChI is InChI=1S/C22H28N2OS/c1-2-25-20-12-8-11-19(17-20)23-21(26)24-22(14-6-7-15-22)16-13-18-9-4-3-5-10-18/h3-5,8-12,17H,2,6-7,13-16H2,1H3,(H2,23,24,26). The third kappa shape index (κ3) is 5.21. The average Bonchev–Trinajstić information content (AvgIpc) is 3.10. The van der Waals surface area contributed by atoms with Crippen LogP contribution in [0.5, 0.6) is 5.75 Å². The summed E-state index contributed by atoms with van der Waals surface area (Å²) in [6.45, 7) is 2.65. The molecule has 0 radical (unpaired) electrons. The van der Waals surface area contributed by atoms with Gasteiger partial charge in [0.05, 0.1) is 6.61 Å². The average molecular weight is 369 g/mol. The Morgan fingerprint density at radius 1 is 1.08 bits per heavy atom. The molecule has 3 rings (SSSR count). The van der Waals surface area contributed by atoms with E-state index in [1.807, 2.05) is 31.2 Å². The van der Waals surface area contributed by atoms with E-state index in [0.29, 0.717) is 11.7 Å². The molecule has 26 heavy (non-hydrogen) atoms. The van der Waals surface area contributed by atoms with Crippen molar-refractivity contribution in [1.82, 2.24) is 5.32 Å². The van der Waals surface area contributed by atoms with E-state index in [-0.39, 0.29) is 5.54 Å². The molecule has 0 unspecified atom stereocenters. The van der Waals surface area contributed by atoms with Crippen LogP contribution < -0.4 is 15.4 Å². The lowest BCUT2D eigenvalue weighted by molar-refractivity contribution is 0.340. The molecule has 3 nitrogen and oxygen atoms in total. The van der Waals surface area contributed by atoms with E-state index >= 15 is 0 Å². The van der Waals surface area contributed by atoms with E-state index in [9.17, 15) is 0 Å². The van der Waals surface area contributed by atoms with Gasteiger partial charge in [-0.2, -0.15) is 0 Å². The van der Waals surface area contributed by atoms with E-state index in [1.54, 1.807) is 0 Å². The van der Waals surface area contributed by atoms with Crippen LogP contribution in [0.3, 0.4) is 0 Å². The Morgan fingerprint density at radius 2 is 1.85 bits per heavy atom. The fourth-order valence-electron chi connectivity index (χ4n) is 3.75. The number of hydrogen-bond acceptors (Lipinski definition) is 2.